The molecule has 1 aliphatic rings. The van der Waals surface area contributed by atoms with E-state index in [1.807, 2.05) is 6.20 Å². The van der Waals surface area contributed by atoms with Crippen LogP contribution < -0.4 is 0 Å². The standard InChI is InChI=1S/C16H20ClFN4/c1-16(2)6-3-7-21(11-16)9-13-10-22(20-19-13)15-5-4-12(18)8-14(15)17/h4-5,8,10H,3,6-7,9,11H2,1-2H3. The molecule has 1 saturated heterocycles. The van der Waals surface area contributed by atoms with Crippen molar-refractivity contribution in [3.8, 4) is 5.69 Å². The Morgan fingerprint density at radius 1 is 1.36 bits per heavy atom. The molecule has 0 N–H and O–H groups in total. The average molecular weight is 323 g/mol. The van der Waals surface area contributed by atoms with Gasteiger partial charge in [0.15, 0.2) is 0 Å². The summed E-state index contributed by atoms with van der Waals surface area (Å²) in [5.41, 5.74) is 1.90. The van der Waals surface area contributed by atoms with Crippen LogP contribution in [0.15, 0.2) is 24.4 Å². The summed E-state index contributed by atoms with van der Waals surface area (Å²) in [6.45, 7) is 7.54. The quantitative estimate of drug-likeness (QED) is 0.864. The minimum atomic E-state index is -0.357. The molecule has 4 nitrogen and oxygen atoms in total. The number of hydrogen-bond acceptors (Lipinski definition) is 3. The van der Waals surface area contributed by atoms with Gasteiger partial charge in [0.2, 0.25) is 0 Å². The molecule has 2 aromatic rings. The Hall–Kier alpha value is -1.46. The maximum atomic E-state index is 13.1. The number of likely N-dealkylation sites (tertiary alicyclic amines) is 1. The Labute approximate surface area is 134 Å². The molecule has 0 bridgehead atoms. The van der Waals surface area contributed by atoms with Crippen molar-refractivity contribution in [1.82, 2.24) is 19.9 Å². The smallest absolute Gasteiger partial charge is 0.124 e. The van der Waals surface area contributed by atoms with E-state index in [2.05, 4.69) is 29.1 Å². The minimum Gasteiger partial charge on any atom is -0.297 e. The fourth-order valence-corrected chi connectivity index (χ4v) is 3.32. The van der Waals surface area contributed by atoms with E-state index in [9.17, 15) is 4.39 Å². The highest BCUT2D eigenvalue weighted by Crippen LogP contribution is 2.29. The zero-order chi connectivity index (χ0) is 15.7. The molecular formula is C16H20ClFN4. The molecule has 1 aromatic carbocycles. The number of rotatable bonds is 3. The van der Waals surface area contributed by atoms with Crippen LogP contribution in [0.5, 0.6) is 0 Å². The van der Waals surface area contributed by atoms with Crippen molar-refractivity contribution in [3.05, 3.63) is 40.9 Å². The van der Waals surface area contributed by atoms with Gasteiger partial charge in [-0.05, 0) is 43.0 Å². The van der Waals surface area contributed by atoms with Crippen LogP contribution >= 0.6 is 11.6 Å². The second kappa shape index (κ2) is 5.97. The predicted molar refractivity (Wildman–Crippen MR) is 84.6 cm³/mol. The summed E-state index contributed by atoms with van der Waals surface area (Å²) in [7, 11) is 0. The van der Waals surface area contributed by atoms with Crippen molar-refractivity contribution in [3.63, 3.8) is 0 Å². The first-order valence-corrected chi connectivity index (χ1v) is 7.90. The van der Waals surface area contributed by atoms with Crippen molar-refractivity contribution in [1.29, 1.82) is 0 Å². The van der Waals surface area contributed by atoms with Crippen LogP contribution in [0.25, 0.3) is 5.69 Å². The molecule has 0 saturated carbocycles. The summed E-state index contributed by atoms with van der Waals surface area (Å²) in [4.78, 5) is 2.41. The molecular weight excluding hydrogens is 303 g/mol. The Morgan fingerprint density at radius 2 is 2.18 bits per heavy atom. The van der Waals surface area contributed by atoms with E-state index in [1.165, 1.54) is 25.0 Å². The number of hydrogen-bond donors (Lipinski definition) is 0. The molecule has 118 valence electrons. The number of benzene rings is 1. The fourth-order valence-electron chi connectivity index (χ4n) is 3.06. The maximum Gasteiger partial charge on any atom is 0.124 e. The SMILES string of the molecule is CC1(C)CCCN(Cc2cn(-c3ccc(F)cc3Cl)nn2)C1. The van der Waals surface area contributed by atoms with Gasteiger partial charge in [0.1, 0.15) is 5.82 Å². The lowest BCUT2D eigenvalue weighted by molar-refractivity contribution is 0.110. The van der Waals surface area contributed by atoms with Crippen LogP contribution in [0.2, 0.25) is 5.02 Å². The molecule has 1 aliphatic heterocycles. The van der Waals surface area contributed by atoms with Crippen molar-refractivity contribution < 1.29 is 4.39 Å². The number of nitrogens with zero attached hydrogens (tertiary/aromatic N) is 4. The van der Waals surface area contributed by atoms with Gasteiger partial charge in [-0.2, -0.15) is 0 Å². The van der Waals surface area contributed by atoms with E-state index in [0.29, 0.717) is 16.1 Å². The number of aromatic nitrogens is 3. The maximum absolute atomic E-state index is 13.1. The first kappa shape index (κ1) is 15.4. The van der Waals surface area contributed by atoms with Crippen LogP contribution in [0.4, 0.5) is 4.39 Å². The summed E-state index contributed by atoms with van der Waals surface area (Å²) in [5.74, 6) is -0.357. The van der Waals surface area contributed by atoms with Gasteiger partial charge in [0.25, 0.3) is 0 Å². The third kappa shape index (κ3) is 3.47. The largest absolute Gasteiger partial charge is 0.297 e. The highest BCUT2D eigenvalue weighted by molar-refractivity contribution is 6.32. The van der Waals surface area contributed by atoms with Gasteiger partial charge in [0, 0.05) is 13.1 Å². The molecule has 0 aliphatic carbocycles. The first-order chi connectivity index (χ1) is 10.4. The van der Waals surface area contributed by atoms with Crippen LogP contribution in [0, 0.1) is 11.2 Å². The molecule has 2 heterocycles. The second-order valence-electron chi connectivity index (χ2n) is 6.73. The molecule has 1 fully saturated rings. The normalized spacial score (nSPS) is 18.5. The lowest BCUT2D eigenvalue weighted by Gasteiger charge is -2.37. The van der Waals surface area contributed by atoms with Crippen LogP contribution in [-0.4, -0.2) is 33.0 Å². The van der Waals surface area contributed by atoms with E-state index in [-0.39, 0.29) is 5.82 Å². The van der Waals surface area contributed by atoms with E-state index < -0.39 is 0 Å². The molecule has 3 rings (SSSR count). The zero-order valence-corrected chi connectivity index (χ0v) is 13.6. The molecule has 1 aromatic heterocycles. The number of piperidine rings is 1. The van der Waals surface area contributed by atoms with Crippen LogP contribution in [0.3, 0.4) is 0 Å². The van der Waals surface area contributed by atoms with Gasteiger partial charge in [-0.25, -0.2) is 9.07 Å². The predicted octanol–water partition coefficient (Wildman–Crippen LogP) is 3.68. The lowest BCUT2D eigenvalue weighted by Crippen LogP contribution is -2.39. The summed E-state index contributed by atoms with van der Waals surface area (Å²) >= 11 is 6.06. The molecule has 6 heteroatoms. The molecule has 0 atom stereocenters. The van der Waals surface area contributed by atoms with Crippen molar-refractivity contribution in [2.24, 2.45) is 5.41 Å². The first-order valence-electron chi connectivity index (χ1n) is 7.52. The van der Waals surface area contributed by atoms with Crippen molar-refractivity contribution in [2.45, 2.75) is 33.2 Å². The van der Waals surface area contributed by atoms with E-state index in [1.54, 1.807) is 10.7 Å². The highest BCUT2D eigenvalue weighted by Gasteiger charge is 2.26. The van der Waals surface area contributed by atoms with Crippen molar-refractivity contribution >= 4 is 11.6 Å². The lowest BCUT2D eigenvalue weighted by atomic mass is 9.84. The van der Waals surface area contributed by atoms with Gasteiger partial charge < -0.3 is 0 Å². The van der Waals surface area contributed by atoms with Gasteiger partial charge in [0.05, 0.1) is 22.6 Å². The molecule has 0 amide bonds. The zero-order valence-electron chi connectivity index (χ0n) is 12.9. The minimum absolute atomic E-state index is 0.329. The second-order valence-corrected chi connectivity index (χ2v) is 7.14. The topological polar surface area (TPSA) is 34.0 Å². The highest BCUT2D eigenvalue weighted by atomic mass is 35.5. The average Bonchev–Trinajstić information content (AvgIpc) is 2.85. The van der Waals surface area contributed by atoms with Gasteiger partial charge in [-0.15, -0.1) is 5.10 Å². The fraction of sp³-hybridized carbons (Fsp3) is 0.500. The van der Waals surface area contributed by atoms with E-state index in [4.69, 9.17) is 11.6 Å². The Balaban J connectivity index is 1.74. The molecule has 0 spiro atoms. The Kier molecular flexibility index (Phi) is 4.19. The van der Waals surface area contributed by atoms with Gasteiger partial charge in [-0.3, -0.25) is 4.90 Å². The van der Waals surface area contributed by atoms with Gasteiger partial charge >= 0.3 is 0 Å². The molecule has 22 heavy (non-hydrogen) atoms. The summed E-state index contributed by atoms with van der Waals surface area (Å²) in [6, 6.07) is 4.27. The summed E-state index contributed by atoms with van der Waals surface area (Å²) in [5, 5.41) is 8.66. The summed E-state index contributed by atoms with van der Waals surface area (Å²) < 4.78 is 14.7. The third-order valence-electron chi connectivity index (χ3n) is 4.06. The van der Waals surface area contributed by atoms with E-state index >= 15 is 0 Å². The number of halogens is 2. The monoisotopic (exact) mass is 322 g/mol. The molecule has 0 radical (unpaired) electrons. The van der Waals surface area contributed by atoms with Crippen LogP contribution in [-0.2, 0) is 6.54 Å². The van der Waals surface area contributed by atoms with Crippen LogP contribution in [0.1, 0.15) is 32.4 Å². The summed E-state index contributed by atoms with van der Waals surface area (Å²) in [6.07, 6.45) is 4.34. The van der Waals surface area contributed by atoms with Gasteiger partial charge in [-0.1, -0.05) is 30.7 Å². The third-order valence-corrected chi connectivity index (χ3v) is 4.37. The Bertz CT molecular complexity index is 668. The Morgan fingerprint density at radius 3 is 2.91 bits per heavy atom. The van der Waals surface area contributed by atoms with Crippen molar-refractivity contribution in [2.75, 3.05) is 13.1 Å². The molecule has 0 unspecified atom stereocenters. The van der Waals surface area contributed by atoms with E-state index in [0.717, 1.165) is 25.3 Å².